The maximum absolute atomic E-state index is 6.05. The molecule has 112 valence electrons. The van der Waals surface area contributed by atoms with Gasteiger partial charge in [0.15, 0.2) is 5.82 Å². The van der Waals surface area contributed by atoms with Crippen LogP contribution >= 0.6 is 11.6 Å². The SMILES string of the molecule is COCc1nc(N)cc(N(C)C(C)c2cccc(Cl)c2)n1. The minimum atomic E-state index is 0.105. The molecule has 1 unspecified atom stereocenters. The van der Waals surface area contributed by atoms with Gasteiger partial charge in [-0.1, -0.05) is 23.7 Å². The van der Waals surface area contributed by atoms with Crippen molar-refractivity contribution in [2.24, 2.45) is 0 Å². The smallest absolute Gasteiger partial charge is 0.158 e. The van der Waals surface area contributed by atoms with E-state index in [1.165, 1.54) is 0 Å². The molecule has 0 aliphatic heterocycles. The van der Waals surface area contributed by atoms with Crippen molar-refractivity contribution in [3.05, 3.63) is 46.7 Å². The van der Waals surface area contributed by atoms with Gasteiger partial charge in [0.2, 0.25) is 0 Å². The number of aromatic nitrogens is 2. The van der Waals surface area contributed by atoms with E-state index in [-0.39, 0.29) is 6.04 Å². The molecule has 6 heteroatoms. The summed E-state index contributed by atoms with van der Waals surface area (Å²) in [7, 11) is 3.56. The van der Waals surface area contributed by atoms with Crippen LogP contribution in [0.5, 0.6) is 0 Å². The third-order valence-corrected chi connectivity index (χ3v) is 3.56. The second kappa shape index (κ2) is 6.74. The van der Waals surface area contributed by atoms with Gasteiger partial charge in [-0.25, -0.2) is 9.97 Å². The molecule has 0 radical (unpaired) electrons. The van der Waals surface area contributed by atoms with Crippen molar-refractivity contribution >= 4 is 23.2 Å². The number of benzene rings is 1. The number of halogens is 1. The Hall–Kier alpha value is -1.85. The first kappa shape index (κ1) is 15.5. The van der Waals surface area contributed by atoms with Crippen LogP contribution in [-0.4, -0.2) is 24.1 Å². The van der Waals surface area contributed by atoms with Crippen molar-refractivity contribution < 1.29 is 4.74 Å². The average Bonchev–Trinajstić information content (AvgIpc) is 2.45. The van der Waals surface area contributed by atoms with Crippen LogP contribution < -0.4 is 10.6 Å². The second-order valence-corrected chi connectivity index (χ2v) is 5.28. The highest BCUT2D eigenvalue weighted by atomic mass is 35.5. The lowest BCUT2D eigenvalue weighted by Gasteiger charge is -2.27. The maximum atomic E-state index is 6.05. The Morgan fingerprint density at radius 2 is 2.10 bits per heavy atom. The zero-order valence-corrected chi connectivity index (χ0v) is 13.1. The van der Waals surface area contributed by atoms with E-state index < -0.39 is 0 Å². The van der Waals surface area contributed by atoms with E-state index in [9.17, 15) is 0 Å². The van der Waals surface area contributed by atoms with Crippen LogP contribution in [0.15, 0.2) is 30.3 Å². The predicted octanol–water partition coefficient (Wildman–Crippen LogP) is 3.06. The summed E-state index contributed by atoms with van der Waals surface area (Å²) in [6.45, 7) is 2.41. The van der Waals surface area contributed by atoms with Gasteiger partial charge in [0.25, 0.3) is 0 Å². The number of hydrogen-bond donors (Lipinski definition) is 1. The predicted molar refractivity (Wildman–Crippen MR) is 85.4 cm³/mol. The third-order valence-electron chi connectivity index (χ3n) is 3.33. The minimum Gasteiger partial charge on any atom is -0.384 e. The number of hydrogen-bond acceptors (Lipinski definition) is 5. The van der Waals surface area contributed by atoms with E-state index in [1.807, 2.05) is 36.2 Å². The molecule has 2 N–H and O–H groups in total. The normalized spacial score (nSPS) is 12.2. The lowest BCUT2D eigenvalue weighted by molar-refractivity contribution is 0.178. The molecular weight excluding hydrogens is 288 g/mol. The Bertz CT molecular complexity index is 620. The molecule has 0 spiro atoms. The number of nitrogen functional groups attached to an aromatic ring is 1. The van der Waals surface area contributed by atoms with Crippen LogP contribution in [0.2, 0.25) is 5.02 Å². The number of nitrogens with zero attached hydrogens (tertiary/aromatic N) is 3. The standard InChI is InChI=1S/C15H19ClN4O/c1-10(11-5-4-6-12(16)7-11)20(2)15-8-13(17)18-14(19-15)9-21-3/h4-8,10H,9H2,1-3H3,(H2,17,18,19). The van der Waals surface area contributed by atoms with Gasteiger partial charge in [-0.15, -0.1) is 0 Å². The quantitative estimate of drug-likeness (QED) is 0.919. The fourth-order valence-electron chi connectivity index (χ4n) is 2.07. The summed E-state index contributed by atoms with van der Waals surface area (Å²) in [5.41, 5.74) is 6.94. The summed E-state index contributed by atoms with van der Waals surface area (Å²) < 4.78 is 5.06. The van der Waals surface area contributed by atoms with Gasteiger partial charge in [-0.3, -0.25) is 0 Å². The Balaban J connectivity index is 2.28. The molecule has 1 aromatic heterocycles. The fraction of sp³-hybridized carbons (Fsp3) is 0.333. The Morgan fingerprint density at radius 1 is 1.33 bits per heavy atom. The molecule has 1 atom stereocenters. The first-order chi connectivity index (χ1) is 10.0. The van der Waals surface area contributed by atoms with Gasteiger partial charge in [0.05, 0.1) is 6.04 Å². The molecule has 1 aromatic carbocycles. The first-order valence-electron chi connectivity index (χ1n) is 6.62. The van der Waals surface area contributed by atoms with Crippen LogP contribution in [0.25, 0.3) is 0 Å². The molecule has 5 nitrogen and oxygen atoms in total. The summed E-state index contributed by atoms with van der Waals surface area (Å²) >= 11 is 6.05. The lowest BCUT2D eigenvalue weighted by atomic mass is 10.1. The molecule has 0 saturated heterocycles. The zero-order chi connectivity index (χ0) is 15.4. The molecule has 1 heterocycles. The van der Waals surface area contributed by atoms with Crippen LogP contribution in [-0.2, 0) is 11.3 Å². The highest BCUT2D eigenvalue weighted by Gasteiger charge is 2.15. The first-order valence-corrected chi connectivity index (χ1v) is 6.99. The molecule has 2 rings (SSSR count). The van der Waals surface area contributed by atoms with Crippen molar-refractivity contribution in [2.45, 2.75) is 19.6 Å². The molecule has 0 aliphatic rings. The highest BCUT2D eigenvalue weighted by Crippen LogP contribution is 2.26. The number of nitrogens with two attached hydrogens (primary N) is 1. The zero-order valence-electron chi connectivity index (χ0n) is 12.4. The fourth-order valence-corrected chi connectivity index (χ4v) is 2.26. The Morgan fingerprint density at radius 3 is 2.76 bits per heavy atom. The monoisotopic (exact) mass is 306 g/mol. The Labute approximate surface area is 129 Å². The minimum absolute atomic E-state index is 0.105. The van der Waals surface area contributed by atoms with E-state index in [0.717, 1.165) is 16.4 Å². The van der Waals surface area contributed by atoms with Crippen molar-refractivity contribution in [1.82, 2.24) is 9.97 Å². The van der Waals surface area contributed by atoms with Gasteiger partial charge in [-0.2, -0.15) is 0 Å². The molecule has 0 saturated carbocycles. The number of anilines is 2. The largest absolute Gasteiger partial charge is 0.384 e. The maximum Gasteiger partial charge on any atom is 0.158 e. The third kappa shape index (κ3) is 3.83. The van der Waals surface area contributed by atoms with Gasteiger partial charge in [0, 0.05) is 25.2 Å². The molecule has 0 fully saturated rings. The van der Waals surface area contributed by atoms with Crippen molar-refractivity contribution in [3.63, 3.8) is 0 Å². The van der Waals surface area contributed by atoms with Crippen molar-refractivity contribution in [1.29, 1.82) is 0 Å². The molecule has 0 amide bonds. The summed E-state index contributed by atoms with van der Waals surface area (Å²) in [5, 5.41) is 0.718. The number of ether oxygens (including phenoxy) is 1. The summed E-state index contributed by atoms with van der Waals surface area (Å²) in [6.07, 6.45) is 0. The summed E-state index contributed by atoms with van der Waals surface area (Å²) in [4.78, 5) is 10.6. The molecule has 21 heavy (non-hydrogen) atoms. The van der Waals surface area contributed by atoms with Crippen LogP contribution in [0, 0.1) is 0 Å². The molecule has 2 aromatic rings. The molecule has 0 bridgehead atoms. The highest BCUT2D eigenvalue weighted by molar-refractivity contribution is 6.30. The molecular formula is C15H19ClN4O. The van der Waals surface area contributed by atoms with Gasteiger partial charge in [-0.05, 0) is 24.6 Å². The average molecular weight is 307 g/mol. The van der Waals surface area contributed by atoms with E-state index >= 15 is 0 Å². The van der Waals surface area contributed by atoms with Crippen LogP contribution in [0.3, 0.4) is 0 Å². The topological polar surface area (TPSA) is 64.3 Å². The summed E-state index contributed by atoms with van der Waals surface area (Å²) in [6, 6.07) is 9.63. The van der Waals surface area contributed by atoms with Crippen LogP contribution in [0.1, 0.15) is 24.4 Å². The number of methoxy groups -OCH3 is 1. The van der Waals surface area contributed by atoms with Gasteiger partial charge < -0.3 is 15.4 Å². The van der Waals surface area contributed by atoms with Gasteiger partial charge >= 0.3 is 0 Å². The number of rotatable bonds is 5. The van der Waals surface area contributed by atoms with Crippen molar-refractivity contribution in [2.75, 3.05) is 24.8 Å². The van der Waals surface area contributed by atoms with Crippen molar-refractivity contribution in [3.8, 4) is 0 Å². The van der Waals surface area contributed by atoms with E-state index in [4.69, 9.17) is 22.1 Å². The van der Waals surface area contributed by atoms with E-state index in [0.29, 0.717) is 18.2 Å². The van der Waals surface area contributed by atoms with E-state index in [1.54, 1.807) is 13.2 Å². The Kier molecular flexibility index (Phi) is 4.98. The van der Waals surface area contributed by atoms with Gasteiger partial charge in [0.1, 0.15) is 18.2 Å². The summed E-state index contributed by atoms with van der Waals surface area (Å²) in [5.74, 6) is 1.75. The molecule has 0 aliphatic carbocycles. The lowest BCUT2D eigenvalue weighted by Crippen LogP contribution is -2.23. The van der Waals surface area contributed by atoms with Crippen LogP contribution in [0.4, 0.5) is 11.6 Å². The van der Waals surface area contributed by atoms with E-state index in [2.05, 4.69) is 16.9 Å². The second-order valence-electron chi connectivity index (χ2n) is 4.84.